The van der Waals surface area contributed by atoms with Crippen LogP contribution in [0.3, 0.4) is 0 Å². The molecule has 4 nitrogen and oxygen atoms in total. The van der Waals surface area contributed by atoms with Gasteiger partial charge in [0.1, 0.15) is 5.82 Å². The average molecular weight is 328 g/mol. The summed E-state index contributed by atoms with van der Waals surface area (Å²) in [7, 11) is 0. The number of morpholine rings is 1. The van der Waals surface area contributed by atoms with Gasteiger partial charge >= 0.3 is 0 Å². The monoisotopic (exact) mass is 327 g/mol. The van der Waals surface area contributed by atoms with Gasteiger partial charge < -0.3 is 14.7 Å². The molecule has 2 fully saturated rings. The van der Waals surface area contributed by atoms with Gasteiger partial charge in [0.2, 0.25) is 0 Å². The average Bonchev–Trinajstić information content (AvgIpc) is 2.93. The molecule has 1 aliphatic heterocycles. The summed E-state index contributed by atoms with van der Waals surface area (Å²) in [4.78, 5) is 14.5. The van der Waals surface area contributed by atoms with E-state index in [0.717, 1.165) is 25.3 Å². The number of hydrogen-bond donors (Lipinski definition) is 1. The Hall–Kier alpha value is -1.17. The fourth-order valence-electron chi connectivity index (χ4n) is 3.47. The minimum atomic E-state index is -0.466. The van der Waals surface area contributed by atoms with Crippen LogP contribution in [-0.2, 0) is 4.74 Å². The van der Waals surface area contributed by atoms with E-state index in [1.807, 2.05) is 0 Å². The second-order valence-electron chi connectivity index (χ2n) is 5.93. The molecule has 1 aliphatic carbocycles. The molecule has 1 heterocycles. The number of aliphatic hydroxyl groups excluding tert-OH is 1. The number of ether oxygens (including phenoxy) is 1. The molecule has 1 aromatic carbocycles. The normalized spacial score (nSPS) is 28.9. The van der Waals surface area contributed by atoms with Crippen LogP contribution in [0.2, 0.25) is 5.02 Å². The third-order valence-electron chi connectivity index (χ3n) is 4.61. The van der Waals surface area contributed by atoms with Crippen LogP contribution in [0.5, 0.6) is 0 Å². The fraction of sp³-hybridized carbons (Fsp3) is 0.562. The van der Waals surface area contributed by atoms with Crippen molar-refractivity contribution >= 4 is 17.5 Å². The zero-order valence-electron chi connectivity index (χ0n) is 12.2. The molecule has 0 bridgehead atoms. The van der Waals surface area contributed by atoms with E-state index in [9.17, 15) is 14.3 Å². The summed E-state index contributed by atoms with van der Waals surface area (Å²) in [5.41, 5.74) is 0.294. The van der Waals surface area contributed by atoms with Crippen molar-refractivity contribution in [3.8, 4) is 0 Å². The molecule has 3 rings (SSSR count). The molecule has 6 heteroatoms. The molecule has 22 heavy (non-hydrogen) atoms. The van der Waals surface area contributed by atoms with Crippen LogP contribution >= 0.6 is 11.6 Å². The van der Waals surface area contributed by atoms with Crippen LogP contribution in [0, 0.1) is 11.7 Å². The molecule has 1 N–H and O–H groups in total. The highest BCUT2D eigenvalue weighted by atomic mass is 35.5. The van der Waals surface area contributed by atoms with Crippen molar-refractivity contribution in [3.63, 3.8) is 0 Å². The highest BCUT2D eigenvalue weighted by Gasteiger charge is 2.39. The molecular formula is C16H19ClFNO3. The van der Waals surface area contributed by atoms with Crippen molar-refractivity contribution in [2.75, 3.05) is 19.8 Å². The first-order valence-electron chi connectivity index (χ1n) is 7.60. The lowest BCUT2D eigenvalue weighted by molar-refractivity contribution is -0.0383. The maximum Gasteiger partial charge on any atom is 0.255 e. The number of rotatable bonds is 2. The molecule has 1 amide bonds. The molecular weight excluding hydrogens is 309 g/mol. The van der Waals surface area contributed by atoms with E-state index in [0.29, 0.717) is 25.3 Å². The van der Waals surface area contributed by atoms with Gasteiger partial charge in [-0.2, -0.15) is 0 Å². The van der Waals surface area contributed by atoms with E-state index in [1.165, 1.54) is 12.1 Å². The molecule has 1 saturated heterocycles. The van der Waals surface area contributed by atoms with Crippen LogP contribution in [-0.4, -0.2) is 47.8 Å². The number of aliphatic hydroxyl groups is 1. The molecule has 0 aromatic heterocycles. The second-order valence-corrected chi connectivity index (χ2v) is 6.33. The molecule has 2 aliphatic rings. The highest BCUT2D eigenvalue weighted by molar-refractivity contribution is 6.33. The molecule has 0 spiro atoms. The van der Waals surface area contributed by atoms with E-state index < -0.39 is 11.9 Å². The van der Waals surface area contributed by atoms with Gasteiger partial charge in [0.15, 0.2) is 0 Å². The Morgan fingerprint density at radius 2 is 2.23 bits per heavy atom. The topological polar surface area (TPSA) is 49.8 Å². The van der Waals surface area contributed by atoms with Gasteiger partial charge in [-0.3, -0.25) is 4.79 Å². The van der Waals surface area contributed by atoms with Gasteiger partial charge in [-0.15, -0.1) is 0 Å². The maximum absolute atomic E-state index is 13.2. The second kappa shape index (κ2) is 6.52. The van der Waals surface area contributed by atoms with Crippen LogP contribution < -0.4 is 0 Å². The van der Waals surface area contributed by atoms with E-state index in [4.69, 9.17) is 16.3 Å². The van der Waals surface area contributed by atoms with Crippen molar-refractivity contribution in [2.24, 2.45) is 5.92 Å². The smallest absolute Gasteiger partial charge is 0.255 e. The number of amides is 1. The minimum absolute atomic E-state index is 0.0310. The first-order chi connectivity index (χ1) is 10.6. The zero-order chi connectivity index (χ0) is 15.7. The molecule has 1 aromatic rings. The fourth-order valence-corrected chi connectivity index (χ4v) is 3.71. The zero-order valence-corrected chi connectivity index (χ0v) is 12.9. The van der Waals surface area contributed by atoms with Gasteiger partial charge in [-0.25, -0.2) is 4.39 Å². The summed E-state index contributed by atoms with van der Waals surface area (Å²) in [6.45, 7) is 1.34. The van der Waals surface area contributed by atoms with Crippen molar-refractivity contribution in [3.05, 3.63) is 34.6 Å². The quantitative estimate of drug-likeness (QED) is 0.908. The first-order valence-corrected chi connectivity index (χ1v) is 7.97. The van der Waals surface area contributed by atoms with E-state index in [1.54, 1.807) is 4.90 Å². The Labute approximate surface area is 133 Å². The van der Waals surface area contributed by atoms with Crippen molar-refractivity contribution in [1.29, 1.82) is 0 Å². The van der Waals surface area contributed by atoms with Crippen LogP contribution in [0.25, 0.3) is 0 Å². The van der Waals surface area contributed by atoms with E-state index in [-0.39, 0.29) is 22.9 Å². The Morgan fingerprint density at radius 1 is 1.41 bits per heavy atom. The Kier molecular flexibility index (Phi) is 4.66. The first kappa shape index (κ1) is 15.7. The summed E-state index contributed by atoms with van der Waals surface area (Å²) >= 11 is 6.01. The third-order valence-corrected chi connectivity index (χ3v) is 4.93. The van der Waals surface area contributed by atoms with Gasteiger partial charge in [-0.1, -0.05) is 18.0 Å². The summed E-state index contributed by atoms with van der Waals surface area (Å²) < 4.78 is 18.7. The molecule has 0 radical (unpaired) electrons. The number of carbonyl (C=O) groups excluding carboxylic acids is 1. The lowest BCUT2D eigenvalue weighted by Crippen LogP contribution is -2.53. The summed E-state index contributed by atoms with van der Waals surface area (Å²) in [5.74, 6) is -0.660. The Bertz CT molecular complexity index is 568. The van der Waals surface area contributed by atoms with Crippen molar-refractivity contribution < 1.29 is 19.0 Å². The summed E-state index contributed by atoms with van der Waals surface area (Å²) in [5, 5.41) is 10.2. The summed E-state index contributed by atoms with van der Waals surface area (Å²) in [6.07, 6.45) is 2.21. The number of carbonyl (C=O) groups is 1. The molecule has 120 valence electrons. The van der Waals surface area contributed by atoms with E-state index >= 15 is 0 Å². The third kappa shape index (κ3) is 2.98. The van der Waals surface area contributed by atoms with Crippen LogP contribution in [0.1, 0.15) is 29.6 Å². The Balaban J connectivity index is 1.85. The summed E-state index contributed by atoms with van der Waals surface area (Å²) in [6, 6.07) is 3.64. The number of hydrogen-bond acceptors (Lipinski definition) is 3. The van der Waals surface area contributed by atoms with Crippen molar-refractivity contribution in [2.45, 2.75) is 31.4 Å². The van der Waals surface area contributed by atoms with Gasteiger partial charge in [-0.05, 0) is 31.0 Å². The molecule has 0 unspecified atom stereocenters. The lowest BCUT2D eigenvalue weighted by Gasteiger charge is -2.40. The number of halogens is 2. The van der Waals surface area contributed by atoms with Crippen molar-refractivity contribution in [1.82, 2.24) is 4.90 Å². The van der Waals surface area contributed by atoms with Crippen LogP contribution in [0.4, 0.5) is 4.39 Å². The number of benzene rings is 1. The van der Waals surface area contributed by atoms with Crippen LogP contribution in [0.15, 0.2) is 18.2 Å². The van der Waals surface area contributed by atoms with E-state index in [2.05, 4.69) is 0 Å². The Morgan fingerprint density at radius 3 is 2.91 bits per heavy atom. The molecule has 1 saturated carbocycles. The highest BCUT2D eigenvalue weighted by Crippen LogP contribution is 2.33. The van der Waals surface area contributed by atoms with Gasteiger partial charge in [0, 0.05) is 12.5 Å². The predicted octanol–water partition coefficient (Wildman–Crippen LogP) is 2.48. The van der Waals surface area contributed by atoms with Gasteiger partial charge in [0.05, 0.1) is 35.9 Å². The SMILES string of the molecule is O=C(c1ccc(F)cc1Cl)N1CCOC[C@@H]1[C@H]1CCC[C@@H]1O. The minimum Gasteiger partial charge on any atom is -0.393 e. The predicted molar refractivity (Wildman–Crippen MR) is 80.4 cm³/mol. The lowest BCUT2D eigenvalue weighted by atomic mass is 9.93. The number of nitrogens with zero attached hydrogens (tertiary/aromatic N) is 1. The maximum atomic E-state index is 13.2. The molecule has 3 atom stereocenters. The largest absolute Gasteiger partial charge is 0.393 e. The van der Waals surface area contributed by atoms with Gasteiger partial charge in [0.25, 0.3) is 5.91 Å². The standard InChI is InChI=1S/C16H19ClFNO3/c17-13-8-10(18)4-5-11(13)16(21)19-6-7-22-9-14(19)12-2-1-3-15(12)20/h4-5,8,12,14-15,20H,1-3,6-7,9H2/t12-,14-,15+/m1/s1.